The van der Waals surface area contributed by atoms with Gasteiger partial charge in [0.2, 0.25) is 0 Å². The van der Waals surface area contributed by atoms with Crippen molar-refractivity contribution in [2.45, 2.75) is 34.0 Å². The zero-order valence-electron chi connectivity index (χ0n) is 19.6. The van der Waals surface area contributed by atoms with Crippen LogP contribution in [0.15, 0.2) is 54.7 Å². The lowest BCUT2D eigenvalue weighted by Crippen LogP contribution is -2.09. The van der Waals surface area contributed by atoms with Gasteiger partial charge in [-0.1, -0.05) is 51.1 Å². The van der Waals surface area contributed by atoms with E-state index in [-0.39, 0.29) is 0 Å². The zero-order valence-corrected chi connectivity index (χ0v) is 15.4. The van der Waals surface area contributed by atoms with Crippen molar-refractivity contribution in [3.8, 4) is 11.3 Å². The lowest BCUT2D eigenvalue weighted by atomic mass is 9.88. The molecular weight excluding hydrogens is 322 g/mol. The van der Waals surface area contributed by atoms with Crippen LogP contribution in [-0.4, -0.2) is 4.98 Å². The van der Waals surface area contributed by atoms with Crippen molar-refractivity contribution in [3.63, 3.8) is 0 Å². The summed E-state index contributed by atoms with van der Waals surface area (Å²) in [5.74, 6) is 0. The Hall–Kier alpha value is -2.19. The number of rotatable bonds is 2. The fourth-order valence-electron chi connectivity index (χ4n) is 3.09. The Morgan fingerprint density at radius 1 is 1.08 bits per heavy atom. The van der Waals surface area contributed by atoms with Crippen LogP contribution in [0.3, 0.4) is 0 Å². The molecule has 2 aromatic carbocycles. The van der Waals surface area contributed by atoms with E-state index in [0.29, 0.717) is 16.8 Å². The summed E-state index contributed by atoms with van der Waals surface area (Å²) in [6.07, 6.45) is 0.153. The van der Waals surface area contributed by atoms with E-state index in [0.717, 1.165) is 25.7 Å². The zero-order chi connectivity index (χ0) is 21.9. The number of hydrogen-bond acceptors (Lipinski definition) is 2. The predicted octanol–water partition coefficient (Wildman–Crippen LogP) is 7.01. The van der Waals surface area contributed by atoms with Crippen LogP contribution < -0.4 is 0 Å². The summed E-state index contributed by atoms with van der Waals surface area (Å²) in [6.45, 7) is 3.54. The fourth-order valence-corrected chi connectivity index (χ4v) is 4.35. The summed E-state index contributed by atoms with van der Waals surface area (Å²) in [5.41, 5.74) is 2.02. The number of benzene rings is 2. The smallest absolute Gasteiger partial charge is 0.0719 e. The topological polar surface area (TPSA) is 12.9 Å². The van der Waals surface area contributed by atoms with Gasteiger partial charge in [0.25, 0.3) is 0 Å². The first kappa shape index (κ1) is 11.4. The molecule has 0 saturated heterocycles. The number of fused-ring (bicyclic) bond motifs is 3. The van der Waals surface area contributed by atoms with Gasteiger partial charge >= 0.3 is 0 Å². The SMILES string of the molecule is [2H]C([2H])([2H])c1ccc2c(c1)sc1c(-c3cc(C([2H])([2H])C(C)(C)C)ccn3)cccc12. The molecule has 0 radical (unpaired) electrons. The van der Waals surface area contributed by atoms with Crippen LogP contribution in [0, 0.1) is 12.3 Å². The molecular formula is C23H23NS. The average molecular weight is 351 g/mol. The van der Waals surface area contributed by atoms with Gasteiger partial charge in [-0.3, -0.25) is 4.98 Å². The van der Waals surface area contributed by atoms with Gasteiger partial charge in [-0.15, -0.1) is 11.3 Å². The number of aromatic nitrogens is 1. The standard InChI is InChI=1S/C23H23NS/c1-15-8-9-17-18-6-5-7-19(22(18)25-21(17)12-15)20-13-16(10-11-24-20)14-23(2,3)4/h5-13H,14H2,1-4H3/i1D3,14D2. The Morgan fingerprint density at radius 2 is 1.96 bits per heavy atom. The minimum Gasteiger partial charge on any atom is -0.256 e. The van der Waals surface area contributed by atoms with Crippen LogP contribution in [0.2, 0.25) is 0 Å². The summed E-state index contributed by atoms with van der Waals surface area (Å²) < 4.78 is 42.2. The highest BCUT2D eigenvalue weighted by atomic mass is 32.1. The van der Waals surface area contributed by atoms with Crippen LogP contribution in [0.1, 0.15) is 38.8 Å². The van der Waals surface area contributed by atoms with Crippen LogP contribution >= 0.6 is 11.3 Å². The monoisotopic (exact) mass is 350 g/mol. The van der Waals surface area contributed by atoms with Crippen molar-refractivity contribution in [1.29, 1.82) is 0 Å². The molecule has 0 bridgehead atoms. The Morgan fingerprint density at radius 3 is 2.76 bits per heavy atom. The summed E-state index contributed by atoms with van der Waals surface area (Å²) in [5, 5.41) is 2.07. The van der Waals surface area contributed by atoms with E-state index in [1.165, 1.54) is 0 Å². The molecule has 0 aliphatic rings. The normalized spacial score (nSPS) is 16.2. The van der Waals surface area contributed by atoms with Gasteiger partial charge in [-0.25, -0.2) is 0 Å². The molecule has 25 heavy (non-hydrogen) atoms. The number of hydrogen-bond donors (Lipinski definition) is 0. The molecule has 0 unspecified atom stereocenters. The van der Waals surface area contributed by atoms with Crippen molar-refractivity contribution >= 4 is 31.5 Å². The van der Waals surface area contributed by atoms with E-state index in [1.54, 1.807) is 35.7 Å². The van der Waals surface area contributed by atoms with Gasteiger partial charge in [0.15, 0.2) is 0 Å². The molecule has 4 aromatic rings. The molecule has 0 aliphatic heterocycles. The Bertz CT molecular complexity index is 1250. The third kappa shape index (κ3) is 3.19. The van der Waals surface area contributed by atoms with E-state index in [4.69, 9.17) is 6.85 Å². The number of nitrogens with zero attached hydrogens (tertiary/aromatic N) is 1. The lowest BCUT2D eigenvalue weighted by molar-refractivity contribution is 0.411. The van der Waals surface area contributed by atoms with E-state index in [2.05, 4.69) is 4.98 Å². The van der Waals surface area contributed by atoms with Crippen LogP contribution in [0.4, 0.5) is 0 Å². The van der Waals surface area contributed by atoms with Crippen molar-refractivity contribution < 1.29 is 6.85 Å². The summed E-state index contributed by atoms with van der Waals surface area (Å²) >= 11 is 1.55. The highest BCUT2D eigenvalue weighted by Gasteiger charge is 2.14. The molecule has 0 aliphatic carbocycles. The van der Waals surface area contributed by atoms with Crippen molar-refractivity contribution in [1.82, 2.24) is 4.98 Å². The Labute approximate surface area is 160 Å². The van der Waals surface area contributed by atoms with E-state index < -0.39 is 18.6 Å². The molecule has 2 aromatic heterocycles. The van der Waals surface area contributed by atoms with Crippen molar-refractivity contribution in [3.05, 3.63) is 65.9 Å². The molecule has 0 spiro atoms. The summed E-state index contributed by atoms with van der Waals surface area (Å²) in [7, 11) is 0. The molecule has 1 nitrogen and oxygen atoms in total. The maximum absolute atomic E-state index is 8.60. The molecule has 0 N–H and O–H groups in total. The molecule has 0 fully saturated rings. The second-order valence-electron chi connectivity index (χ2n) is 7.30. The minimum atomic E-state index is -2.14. The maximum Gasteiger partial charge on any atom is 0.0719 e. The molecule has 0 amide bonds. The van der Waals surface area contributed by atoms with Gasteiger partial charge < -0.3 is 0 Å². The largest absolute Gasteiger partial charge is 0.256 e. The third-order valence-electron chi connectivity index (χ3n) is 4.05. The molecule has 0 atom stereocenters. The van der Waals surface area contributed by atoms with Gasteiger partial charge in [-0.05, 0) is 48.0 Å². The second-order valence-corrected chi connectivity index (χ2v) is 8.35. The average Bonchev–Trinajstić information content (AvgIpc) is 3.04. The van der Waals surface area contributed by atoms with Crippen molar-refractivity contribution in [2.24, 2.45) is 5.41 Å². The molecule has 0 saturated carbocycles. The molecule has 126 valence electrons. The van der Waals surface area contributed by atoms with E-state index in [9.17, 15) is 0 Å². The summed E-state index contributed by atoms with van der Waals surface area (Å²) in [6, 6.07) is 14.9. The second kappa shape index (κ2) is 5.96. The number of pyridine rings is 1. The van der Waals surface area contributed by atoms with Crippen LogP contribution in [0.25, 0.3) is 31.4 Å². The number of thiophene rings is 1. The summed E-state index contributed by atoms with van der Waals surface area (Å²) in [4.78, 5) is 4.53. The number of aryl methyl sites for hydroxylation is 1. The lowest BCUT2D eigenvalue weighted by Gasteiger charge is -2.18. The van der Waals surface area contributed by atoms with E-state index in [1.807, 2.05) is 51.1 Å². The van der Waals surface area contributed by atoms with Gasteiger partial charge in [0, 0.05) is 38.8 Å². The Kier molecular flexibility index (Phi) is 2.72. The first-order valence-electron chi connectivity index (χ1n) is 10.8. The quantitative estimate of drug-likeness (QED) is 0.379. The minimum absolute atomic E-state index is 0.335. The first-order valence-corrected chi connectivity index (χ1v) is 9.14. The van der Waals surface area contributed by atoms with Gasteiger partial charge in [0.05, 0.1) is 5.69 Å². The first-order chi connectivity index (χ1) is 13.9. The fraction of sp³-hybridized carbons (Fsp3) is 0.261. The molecule has 2 heteroatoms. The van der Waals surface area contributed by atoms with Crippen LogP contribution in [0.5, 0.6) is 0 Å². The van der Waals surface area contributed by atoms with Gasteiger partial charge in [0.1, 0.15) is 0 Å². The highest BCUT2D eigenvalue weighted by Crippen LogP contribution is 2.39. The predicted molar refractivity (Wildman–Crippen MR) is 110 cm³/mol. The Balaban J connectivity index is 1.91. The molecule has 4 rings (SSSR count). The highest BCUT2D eigenvalue weighted by molar-refractivity contribution is 7.26. The third-order valence-corrected chi connectivity index (χ3v) is 5.26. The maximum atomic E-state index is 8.60. The van der Waals surface area contributed by atoms with Crippen LogP contribution in [-0.2, 0) is 6.37 Å². The van der Waals surface area contributed by atoms with Gasteiger partial charge in [-0.2, -0.15) is 0 Å². The van der Waals surface area contributed by atoms with E-state index >= 15 is 0 Å². The molecule has 2 heterocycles. The van der Waals surface area contributed by atoms with Crippen molar-refractivity contribution in [2.75, 3.05) is 0 Å².